The lowest BCUT2D eigenvalue weighted by Crippen LogP contribution is -2.30. The number of allylic oxidation sites excluding steroid dienone is 12. The molecule has 0 spiro atoms. The molecule has 0 aromatic carbocycles. The second-order valence-corrected chi connectivity index (χ2v) is 23.4. The van der Waals surface area contributed by atoms with Crippen molar-refractivity contribution in [2.45, 2.75) is 315 Å². The lowest BCUT2D eigenvalue weighted by atomic mass is 10.1. The zero-order chi connectivity index (χ0) is 58.3. The maximum Gasteiger partial charge on any atom is 0.472 e. The van der Waals surface area contributed by atoms with Gasteiger partial charge in [0, 0.05) is 19.3 Å². The number of unbranched alkanes of at least 4 members (excludes halogenated alkanes) is 32. The molecule has 11 nitrogen and oxygen atoms in total. The van der Waals surface area contributed by atoms with Gasteiger partial charge in [-0.05, 0) is 116 Å². The van der Waals surface area contributed by atoms with Crippen molar-refractivity contribution in [3.8, 4) is 0 Å². The van der Waals surface area contributed by atoms with E-state index >= 15 is 0 Å². The normalized spacial score (nSPS) is 13.7. The van der Waals surface area contributed by atoms with Crippen molar-refractivity contribution in [2.75, 3.05) is 26.4 Å². The summed E-state index contributed by atoms with van der Waals surface area (Å²) in [6.45, 7) is 4.59. The van der Waals surface area contributed by atoms with Gasteiger partial charge in [0.2, 0.25) is 0 Å². The summed E-state index contributed by atoms with van der Waals surface area (Å²) in [7, 11) is -4.76. The lowest BCUT2D eigenvalue weighted by Gasteiger charge is -2.21. The molecule has 0 heterocycles. The third-order valence-corrected chi connectivity index (χ3v) is 15.0. The third-order valence-electron chi connectivity index (χ3n) is 14.1. The molecule has 0 bridgehead atoms. The first-order valence-corrected chi connectivity index (χ1v) is 34.3. The minimum atomic E-state index is -4.76. The zero-order valence-corrected chi connectivity index (χ0v) is 52.4. The highest BCUT2D eigenvalue weighted by atomic mass is 31.2. The minimum absolute atomic E-state index is 0.160. The summed E-state index contributed by atoms with van der Waals surface area (Å²) in [5.41, 5.74) is 0. The maximum atomic E-state index is 13.0. The van der Waals surface area contributed by atoms with Gasteiger partial charge in [0.15, 0.2) is 6.10 Å². The second kappa shape index (κ2) is 62.0. The zero-order valence-electron chi connectivity index (χ0n) is 51.5. The Kier molecular flexibility index (Phi) is 59.6. The van der Waals surface area contributed by atoms with Crippen LogP contribution in [0.25, 0.3) is 0 Å². The van der Waals surface area contributed by atoms with Crippen LogP contribution in [0, 0.1) is 0 Å². The fourth-order valence-electron chi connectivity index (χ4n) is 9.04. The molecular formula is C68H121O11P. The van der Waals surface area contributed by atoms with Gasteiger partial charge >= 0.3 is 25.7 Å². The second-order valence-electron chi connectivity index (χ2n) is 21.9. The summed E-state index contributed by atoms with van der Waals surface area (Å²) < 4.78 is 39.7. The van der Waals surface area contributed by atoms with Crippen LogP contribution in [-0.2, 0) is 42.2 Å². The van der Waals surface area contributed by atoms with E-state index in [1.54, 1.807) is 0 Å². The third kappa shape index (κ3) is 59.5. The number of hydrogen-bond acceptors (Lipinski definition) is 10. The molecule has 0 fully saturated rings. The number of aliphatic hydroxyl groups excluding tert-OH is 1. The molecule has 80 heavy (non-hydrogen) atoms. The van der Waals surface area contributed by atoms with Crippen molar-refractivity contribution >= 4 is 25.7 Å². The molecule has 0 aromatic heterocycles. The van der Waals surface area contributed by atoms with Crippen LogP contribution >= 0.6 is 7.82 Å². The van der Waals surface area contributed by atoms with Gasteiger partial charge in [0.1, 0.15) is 12.7 Å². The van der Waals surface area contributed by atoms with Crippen LogP contribution in [0.2, 0.25) is 0 Å². The monoisotopic (exact) mass is 1140 g/mol. The van der Waals surface area contributed by atoms with Gasteiger partial charge in [0.25, 0.3) is 0 Å². The van der Waals surface area contributed by atoms with Gasteiger partial charge in [-0.3, -0.25) is 23.4 Å². The van der Waals surface area contributed by atoms with E-state index in [2.05, 4.69) is 93.7 Å². The van der Waals surface area contributed by atoms with E-state index in [0.717, 1.165) is 109 Å². The standard InChI is InChI=1S/C68H121O11P/c1-4-7-10-13-16-19-22-25-28-30-32-34-37-39-42-45-48-51-54-57-66(70)75-61-65(79-68(72)59-56-53-50-47-44-41-38-35-33-31-29-26-23-20-17-14-11-8-5-2)63-77-80(73,74)76-62-64(60-69)78-67(71)58-55-52-49-46-43-40-36-27-24-21-18-15-12-9-6-3/h16-21,25-29,36,64-65,69H,4-15,22-24,30-35,37-63H2,1-3H3,(H,73,74)/b19-16-,20-17-,21-18-,28-25-,29-26-,36-27-. The van der Waals surface area contributed by atoms with Crippen LogP contribution in [0.15, 0.2) is 72.9 Å². The van der Waals surface area contributed by atoms with Crippen LogP contribution < -0.4 is 0 Å². The van der Waals surface area contributed by atoms with Crippen molar-refractivity contribution in [3.05, 3.63) is 72.9 Å². The van der Waals surface area contributed by atoms with Crippen LogP contribution in [0.1, 0.15) is 303 Å². The Hall–Kier alpha value is -3.08. The quantitative estimate of drug-likeness (QED) is 0.0197. The summed E-state index contributed by atoms with van der Waals surface area (Å²) >= 11 is 0. The van der Waals surface area contributed by atoms with E-state index in [9.17, 15) is 28.9 Å². The highest BCUT2D eigenvalue weighted by Crippen LogP contribution is 2.43. The summed E-state index contributed by atoms with van der Waals surface area (Å²) in [5, 5.41) is 9.85. The average Bonchev–Trinajstić information content (AvgIpc) is 3.45. The molecule has 0 amide bonds. The number of carbonyl (C=O) groups is 3. The number of carbonyl (C=O) groups excluding carboxylic acids is 3. The Balaban J connectivity index is 4.72. The first-order chi connectivity index (χ1) is 39.2. The average molecular weight is 1150 g/mol. The molecule has 2 N–H and O–H groups in total. The predicted molar refractivity (Wildman–Crippen MR) is 335 cm³/mol. The lowest BCUT2D eigenvalue weighted by molar-refractivity contribution is -0.161. The van der Waals surface area contributed by atoms with Crippen molar-refractivity contribution in [3.63, 3.8) is 0 Å². The van der Waals surface area contributed by atoms with Crippen molar-refractivity contribution in [2.24, 2.45) is 0 Å². The van der Waals surface area contributed by atoms with Gasteiger partial charge in [-0.1, -0.05) is 241 Å². The molecule has 0 saturated heterocycles. The van der Waals surface area contributed by atoms with Gasteiger partial charge in [-0.15, -0.1) is 0 Å². The van der Waals surface area contributed by atoms with Gasteiger partial charge in [-0.25, -0.2) is 4.57 Å². The van der Waals surface area contributed by atoms with E-state index in [-0.39, 0.29) is 25.9 Å². The molecule has 0 aliphatic rings. The number of aliphatic hydroxyl groups is 1. The first kappa shape index (κ1) is 76.9. The Morgan fingerprint density at radius 3 is 0.925 bits per heavy atom. The van der Waals surface area contributed by atoms with Crippen LogP contribution in [0.4, 0.5) is 0 Å². The smallest absolute Gasteiger partial charge is 0.462 e. The molecule has 12 heteroatoms. The summed E-state index contributed by atoms with van der Waals surface area (Å²) in [6, 6.07) is 0. The molecule has 464 valence electrons. The Morgan fingerprint density at radius 2 is 0.613 bits per heavy atom. The van der Waals surface area contributed by atoms with Crippen molar-refractivity contribution in [1.82, 2.24) is 0 Å². The first-order valence-electron chi connectivity index (χ1n) is 32.8. The highest BCUT2D eigenvalue weighted by molar-refractivity contribution is 7.47. The summed E-state index contributed by atoms with van der Waals surface area (Å²) in [6.07, 6.45) is 71.3. The number of hydrogen-bond donors (Lipinski definition) is 2. The molecule has 0 aliphatic carbocycles. The van der Waals surface area contributed by atoms with Crippen LogP contribution in [0.5, 0.6) is 0 Å². The Labute approximate surface area is 490 Å². The SMILES string of the molecule is CCCCC/C=C\C/C=C\CCCCCCCCCCCC(=O)OCC(COP(=O)(O)OCC(CO)OC(=O)CCCCCCC/C=C\C/C=C\CCCCC)OC(=O)CCCCCCCCCCC/C=C\C/C=C\CCCCC. The molecule has 3 unspecified atom stereocenters. The Bertz CT molecular complexity index is 1620. The topological polar surface area (TPSA) is 155 Å². The van der Waals surface area contributed by atoms with E-state index in [1.165, 1.54) is 135 Å². The number of ether oxygens (including phenoxy) is 3. The minimum Gasteiger partial charge on any atom is -0.462 e. The highest BCUT2D eigenvalue weighted by Gasteiger charge is 2.28. The van der Waals surface area contributed by atoms with Crippen molar-refractivity contribution in [1.29, 1.82) is 0 Å². The molecule has 0 radical (unpaired) electrons. The Morgan fingerprint density at radius 1 is 0.350 bits per heavy atom. The summed E-state index contributed by atoms with van der Waals surface area (Å²) in [5.74, 6) is -1.48. The molecule has 0 saturated carbocycles. The number of esters is 3. The number of rotatable bonds is 61. The molecule has 3 atom stereocenters. The van der Waals surface area contributed by atoms with E-state index in [4.69, 9.17) is 23.3 Å². The van der Waals surface area contributed by atoms with E-state index in [1.807, 2.05) is 0 Å². The van der Waals surface area contributed by atoms with Crippen LogP contribution in [0.3, 0.4) is 0 Å². The maximum absolute atomic E-state index is 13.0. The van der Waals surface area contributed by atoms with Gasteiger partial charge in [-0.2, -0.15) is 0 Å². The fourth-order valence-corrected chi connectivity index (χ4v) is 9.82. The largest absolute Gasteiger partial charge is 0.472 e. The fraction of sp³-hybridized carbons (Fsp3) is 0.779. The molecule has 0 aromatic rings. The number of phosphoric ester groups is 1. The van der Waals surface area contributed by atoms with Crippen LogP contribution in [-0.4, -0.2) is 66.5 Å². The van der Waals surface area contributed by atoms with Gasteiger partial charge < -0.3 is 24.2 Å². The predicted octanol–water partition coefficient (Wildman–Crippen LogP) is 20.0. The van der Waals surface area contributed by atoms with Crippen molar-refractivity contribution < 1.29 is 52.2 Å². The van der Waals surface area contributed by atoms with Gasteiger partial charge in [0.05, 0.1) is 19.8 Å². The van der Waals surface area contributed by atoms with E-state index < -0.39 is 57.8 Å². The molecular weight excluding hydrogens is 1020 g/mol. The summed E-state index contributed by atoms with van der Waals surface area (Å²) in [4.78, 5) is 48.8. The molecule has 0 rings (SSSR count). The number of phosphoric acid groups is 1. The van der Waals surface area contributed by atoms with E-state index in [0.29, 0.717) is 19.3 Å². The molecule has 0 aliphatic heterocycles.